The predicted molar refractivity (Wildman–Crippen MR) is 181 cm³/mol. The maximum Gasteiger partial charge on any atom is 0.0216 e. The SMILES string of the molecule is CCC1(CC)c2cc(C)ccc2-c2c1c1c(c3c2C(CC)(CC)c2cc(C)ccc2-3)C(CC)(CC)c2cc(C)ccc2-1. The smallest absolute Gasteiger partial charge is 0.0216 e. The topological polar surface area (TPSA) is 0 Å². The van der Waals surface area contributed by atoms with Gasteiger partial charge >= 0.3 is 0 Å². The second-order valence-electron chi connectivity index (χ2n) is 13.8. The number of fused-ring (bicyclic) bond motifs is 12. The first-order chi connectivity index (χ1) is 20.2. The maximum absolute atomic E-state index is 2.55. The van der Waals surface area contributed by atoms with Crippen molar-refractivity contribution in [3.05, 3.63) is 105 Å². The molecule has 0 aliphatic heterocycles. The van der Waals surface area contributed by atoms with Crippen LogP contribution in [0.25, 0.3) is 33.4 Å². The van der Waals surface area contributed by atoms with Gasteiger partial charge in [-0.15, -0.1) is 0 Å². The Bertz CT molecular complexity index is 1540. The average molecular weight is 553 g/mol. The van der Waals surface area contributed by atoms with E-state index in [-0.39, 0.29) is 16.2 Å². The van der Waals surface area contributed by atoms with Crippen LogP contribution in [0.15, 0.2) is 54.6 Å². The van der Waals surface area contributed by atoms with Crippen LogP contribution in [0.4, 0.5) is 0 Å². The van der Waals surface area contributed by atoms with Gasteiger partial charge < -0.3 is 0 Å². The summed E-state index contributed by atoms with van der Waals surface area (Å²) in [5, 5.41) is 0. The lowest BCUT2D eigenvalue weighted by atomic mass is 9.65. The molecule has 7 rings (SSSR count). The monoisotopic (exact) mass is 552 g/mol. The van der Waals surface area contributed by atoms with Crippen LogP contribution in [0.5, 0.6) is 0 Å². The Balaban J connectivity index is 1.81. The van der Waals surface area contributed by atoms with E-state index in [1.807, 2.05) is 0 Å². The lowest BCUT2D eigenvalue weighted by Gasteiger charge is -2.37. The summed E-state index contributed by atoms with van der Waals surface area (Å²) in [5.41, 5.74) is 23.2. The molecule has 0 atom stereocenters. The molecule has 4 aromatic carbocycles. The summed E-state index contributed by atoms with van der Waals surface area (Å²) < 4.78 is 0. The summed E-state index contributed by atoms with van der Waals surface area (Å²) in [5.74, 6) is 0. The zero-order valence-electron chi connectivity index (χ0n) is 27.4. The third-order valence-electron chi connectivity index (χ3n) is 12.4. The maximum atomic E-state index is 2.55. The van der Waals surface area contributed by atoms with Crippen molar-refractivity contribution in [3.8, 4) is 33.4 Å². The van der Waals surface area contributed by atoms with Gasteiger partial charge in [0.1, 0.15) is 0 Å². The molecule has 0 heterocycles. The summed E-state index contributed by atoms with van der Waals surface area (Å²) in [4.78, 5) is 0. The number of aryl methyl sites for hydroxylation is 3. The fourth-order valence-corrected chi connectivity index (χ4v) is 10.2. The van der Waals surface area contributed by atoms with Crippen LogP contribution in [-0.4, -0.2) is 0 Å². The molecule has 0 heteroatoms. The van der Waals surface area contributed by atoms with Crippen LogP contribution in [0.1, 0.15) is 130 Å². The Kier molecular flexibility index (Phi) is 6.06. The van der Waals surface area contributed by atoms with Crippen LogP contribution in [-0.2, 0) is 16.2 Å². The van der Waals surface area contributed by atoms with Gasteiger partial charge in [0.2, 0.25) is 0 Å². The van der Waals surface area contributed by atoms with Crippen molar-refractivity contribution in [3.63, 3.8) is 0 Å². The summed E-state index contributed by atoms with van der Waals surface area (Å²) >= 11 is 0. The van der Waals surface area contributed by atoms with Crippen LogP contribution in [0.3, 0.4) is 0 Å². The van der Waals surface area contributed by atoms with E-state index in [0.717, 1.165) is 38.5 Å². The molecule has 0 spiro atoms. The molecule has 0 saturated heterocycles. The van der Waals surface area contributed by atoms with E-state index < -0.39 is 0 Å². The number of hydrogen-bond donors (Lipinski definition) is 0. The third kappa shape index (κ3) is 3.00. The highest BCUT2D eigenvalue weighted by Crippen LogP contribution is 2.70. The first-order valence-corrected chi connectivity index (χ1v) is 16.8. The van der Waals surface area contributed by atoms with E-state index in [4.69, 9.17) is 0 Å². The second kappa shape index (κ2) is 9.19. The van der Waals surface area contributed by atoms with Crippen molar-refractivity contribution in [1.82, 2.24) is 0 Å². The third-order valence-corrected chi connectivity index (χ3v) is 12.4. The summed E-state index contributed by atoms with van der Waals surface area (Å²) in [6.45, 7) is 21.6. The summed E-state index contributed by atoms with van der Waals surface area (Å²) in [6, 6.07) is 22.2. The molecule has 3 aliphatic rings. The summed E-state index contributed by atoms with van der Waals surface area (Å²) in [6.07, 6.45) is 6.76. The Hall–Kier alpha value is -3.12. The van der Waals surface area contributed by atoms with Crippen molar-refractivity contribution in [2.75, 3.05) is 0 Å². The molecular formula is C42H48. The van der Waals surface area contributed by atoms with Crippen LogP contribution in [0, 0.1) is 20.8 Å². The van der Waals surface area contributed by atoms with Crippen LogP contribution >= 0.6 is 0 Å². The Morgan fingerprint density at radius 1 is 0.381 bits per heavy atom. The molecule has 0 unspecified atom stereocenters. The number of hydrogen-bond acceptors (Lipinski definition) is 0. The normalized spacial score (nSPS) is 17.4. The first kappa shape index (κ1) is 27.7. The van der Waals surface area contributed by atoms with E-state index in [1.165, 1.54) is 33.4 Å². The largest absolute Gasteiger partial charge is 0.0642 e. The lowest BCUT2D eigenvalue weighted by molar-refractivity contribution is 0.473. The molecule has 0 amide bonds. The van der Waals surface area contributed by atoms with Gasteiger partial charge in [-0.25, -0.2) is 0 Å². The van der Waals surface area contributed by atoms with Gasteiger partial charge in [-0.2, -0.15) is 0 Å². The quantitative estimate of drug-likeness (QED) is 0.223. The second-order valence-corrected chi connectivity index (χ2v) is 13.8. The Labute approximate surface area is 254 Å². The van der Waals surface area contributed by atoms with Crippen molar-refractivity contribution < 1.29 is 0 Å². The van der Waals surface area contributed by atoms with Gasteiger partial charge in [0, 0.05) is 16.2 Å². The zero-order chi connectivity index (χ0) is 29.8. The fraction of sp³-hybridized carbons (Fsp3) is 0.429. The molecule has 0 bridgehead atoms. The molecule has 0 fully saturated rings. The van der Waals surface area contributed by atoms with Gasteiger partial charge in [0.15, 0.2) is 0 Å². The lowest BCUT2D eigenvalue weighted by Crippen LogP contribution is -2.29. The first-order valence-electron chi connectivity index (χ1n) is 16.8. The van der Waals surface area contributed by atoms with Crippen molar-refractivity contribution in [2.24, 2.45) is 0 Å². The van der Waals surface area contributed by atoms with E-state index >= 15 is 0 Å². The van der Waals surface area contributed by atoms with Crippen LogP contribution in [0.2, 0.25) is 0 Å². The highest BCUT2D eigenvalue weighted by Gasteiger charge is 2.56. The highest BCUT2D eigenvalue weighted by molar-refractivity contribution is 6.05. The predicted octanol–water partition coefficient (Wildman–Crippen LogP) is 11.9. The Morgan fingerprint density at radius 3 is 0.833 bits per heavy atom. The summed E-state index contributed by atoms with van der Waals surface area (Å²) in [7, 11) is 0. The number of rotatable bonds is 6. The van der Waals surface area contributed by atoms with E-state index in [0.29, 0.717) is 0 Å². The van der Waals surface area contributed by atoms with E-state index in [2.05, 4.69) is 117 Å². The van der Waals surface area contributed by atoms with Gasteiger partial charge in [-0.05, 0) is 126 Å². The van der Waals surface area contributed by atoms with Gasteiger partial charge in [-0.1, -0.05) is 113 Å². The zero-order valence-corrected chi connectivity index (χ0v) is 27.4. The molecule has 0 nitrogen and oxygen atoms in total. The molecule has 0 saturated carbocycles. The molecular weight excluding hydrogens is 504 g/mol. The number of benzene rings is 4. The molecule has 42 heavy (non-hydrogen) atoms. The van der Waals surface area contributed by atoms with Gasteiger partial charge in [0.05, 0.1) is 0 Å². The highest BCUT2D eigenvalue weighted by atomic mass is 14.6. The minimum atomic E-state index is 0.0213. The van der Waals surface area contributed by atoms with Gasteiger partial charge in [0.25, 0.3) is 0 Å². The minimum absolute atomic E-state index is 0.0213. The van der Waals surface area contributed by atoms with Crippen LogP contribution < -0.4 is 0 Å². The molecule has 216 valence electrons. The molecule has 0 N–H and O–H groups in total. The molecule has 0 aromatic heterocycles. The minimum Gasteiger partial charge on any atom is -0.0642 e. The van der Waals surface area contributed by atoms with Gasteiger partial charge in [-0.3, -0.25) is 0 Å². The molecule has 4 aromatic rings. The van der Waals surface area contributed by atoms with E-state index in [1.54, 1.807) is 50.1 Å². The van der Waals surface area contributed by atoms with Crippen molar-refractivity contribution in [1.29, 1.82) is 0 Å². The molecule has 0 radical (unpaired) electrons. The standard InChI is InChI=1S/C42H48/c1-10-40(11-2)31-22-25(7)16-19-28(31)34-37(40)35-29-20-17-26(8)23-32(29)41(12-3,13-4)39(35)36-30-21-18-27(9)24-33(30)42(14-5,15-6)38(34)36/h16-24H,10-15H2,1-9H3. The molecule has 3 aliphatic carbocycles. The Morgan fingerprint density at radius 2 is 0.619 bits per heavy atom. The van der Waals surface area contributed by atoms with E-state index in [9.17, 15) is 0 Å². The van der Waals surface area contributed by atoms with Crippen molar-refractivity contribution in [2.45, 2.75) is 117 Å². The van der Waals surface area contributed by atoms with Crippen molar-refractivity contribution >= 4 is 0 Å². The fourth-order valence-electron chi connectivity index (χ4n) is 10.2. The average Bonchev–Trinajstić information content (AvgIpc) is 3.56.